The van der Waals surface area contributed by atoms with Gasteiger partial charge in [0.2, 0.25) is 0 Å². The molecule has 2 N–H and O–H groups in total. The standard InChI is InChI=1S/C14H14ClNO2S/c1-9(11-7-12(15)19-8-11)16-13(14(17)18)10-5-3-2-4-6-10/h2-9,13,16H,1H3,(H,17,18). The fraction of sp³-hybridized carbons (Fsp3) is 0.214. The minimum atomic E-state index is -0.889. The molecule has 0 fully saturated rings. The fourth-order valence-corrected chi connectivity index (χ4v) is 2.84. The number of benzene rings is 1. The van der Waals surface area contributed by atoms with Gasteiger partial charge in [-0.25, -0.2) is 0 Å². The van der Waals surface area contributed by atoms with Crippen LogP contribution in [0.4, 0.5) is 0 Å². The lowest BCUT2D eigenvalue weighted by molar-refractivity contribution is -0.139. The van der Waals surface area contributed by atoms with E-state index in [0.29, 0.717) is 4.34 Å². The van der Waals surface area contributed by atoms with Crippen LogP contribution in [0.15, 0.2) is 41.8 Å². The maximum atomic E-state index is 11.4. The van der Waals surface area contributed by atoms with Crippen LogP contribution >= 0.6 is 22.9 Å². The van der Waals surface area contributed by atoms with Gasteiger partial charge in [0, 0.05) is 6.04 Å². The highest BCUT2D eigenvalue weighted by atomic mass is 35.5. The van der Waals surface area contributed by atoms with E-state index in [1.54, 1.807) is 12.1 Å². The minimum Gasteiger partial charge on any atom is -0.480 e. The van der Waals surface area contributed by atoms with Gasteiger partial charge in [0.25, 0.3) is 0 Å². The molecule has 0 saturated carbocycles. The van der Waals surface area contributed by atoms with Crippen molar-refractivity contribution < 1.29 is 9.90 Å². The van der Waals surface area contributed by atoms with Crippen molar-refractivity contribution in [1.82, 2.24) is 5.32 Å². The van der Waals surface area contributed by atoms with Gasteiger partial charge in [0.05, 0.1) is 4.34 Å². The van der Waals surface area contributed by atoms with Gasteiger partial charge in [-0.3, -0.25) is 10.1 Å². The van der Waals surface area contributed by atoms with Crippen molar-refractivity contribution in [3.05, 3.63) is 57.2 Å². The Bertz CT molecular complexity index is 556. The molecule has 0 amide bonds. The van der Waals surface area contributed by atoms with Crippen molar-refractivity contribution in [2.75, 3.05) is 0 Å². The summed E-state index contributed by atoms with van der Waals surface area (Å²) in [6.07, 6.45) is 0. The van der Waals surface area contributed by atoms with Crippen molar-refractivity contribution in [3.8, 4) is 0 Å². The van der Waals surface area contributed by atoms with E-state index in [4.69, 9.17) is 11.6 Å². The van der Waals surface area contributed by atoms with Crippen LogP contribution in [0.25, 0.3) is 0 Å². The molecule has 2 atom stereocenters. The topological polar surface area (TPSA) is 49.3 Å². The summed E-state index contributed by atoms with van der Waals surface area (Å²) >= 11 is 7.34. The van der Waals surface area contributed by atoms with E-state index in [2.05, 4.69) is 5.32 Å². The van der Waals surface area contributed by atoms with Crippen LogP contribution in [0.1, 0.15) is 30.1 Å². The summed E-state index contributed by atoms with van der Waals surface area (Å²) < 4.78 is 0.704. The summed E-state index contributed by atoms with van der Waals surface area (Å²) in [6, 6.07) is 10.2. The number of hydrogen-bond donors (Lipinski definition) is 2. The molecular weight excluding hydrogens is 282 g/mol. The molecule has 3 nitrogen and oxygen atoms in total. The first-order valence-corrected chi connectivity index (χ1v) is 7.11. The Kier molecular flexibility index (Phi) is 4.58. The smallest absolute Gasteiger partial charge is 0.325 e. The van der Waals surface area contributed by atoms with Crippen LogP contribution in [0, 0.1) is 0 Å². The lowest BCUT2D eigenvalue weighted by Gasteiger charge is -2.20. The van der Waals surface area contributed by atoms with E-state index in [0.717, 1.165) is 11.1 Å². The summed E-state index contributed by atoms with van der Waals surface area (Å²) in [5.41, 5.74) is 1.74. The van der Waals surface area contributed by atoms with Gasteiger partial charge in [0.1, 0.15) is 6.04 Å². The van der Waals surface area contributed by atoms with Crippen molar-refractivity contribution in [2.24, 2.45) is 0 Å². The van der Waals surface area contributed by atoms with Crippen molar-refractivity contribution >= 4 is 28.9 Å². The predicted octanol–water partition coefficient (Wildman–Crippen LogP) is 3.88. The quantitative estimate of drug-likeness (QED) is 0.880. The van der Waals surface area contributed by atoms with Gasteiger partial charge in [-0.1, -0.05) is 41.9 Å². The molecule has 0 aliphatic carbocycles. The van der Waals surface area contributed by atoms with Crippen LogP contribution < -0.4 is 5.32 Å². The first kappa shape index (κ1) is 14.1. The lowest BCUT2D eigenvalue weighted by atomic mass is 10.0. The molecule has 2 aromatic rings. The SMILES string of the molecule is CC(NC(C(=O)O)c1ccccc1)c1csc(Cl)c1. The summed E-state index contributed by atoms with van der Waals surface area (Å²) in [4.78, 5) is 11.4. The number of aliphatic carboxylic acids is 1. The average Bonchev–Trinajstić information content (AvgIpc) is 2.83. The molecule has 0 bridgehead atoms. The second kappa shape index (κ2) is 6.19. The minimum absolute atomic E-state index is 0.0787. The maximum Gasteiger partial charge on any atom is 0.325 e. The zero-order valence-corrected chi connectivity index (χ0v) is 11.9. The molecule has 2 unspecified atom stereocenters. The number of thiophene rings is 1. The van der Waals surface area contributed by atoms with Gasteiger partial charge in [-0.2, -0.15) is 0 Å². The summed E-state index contributed by atoms with van der Waals surface area (Å²) in [5, 5.41) is 14.4. The van der Waals surface area contributed by atoms with E-state index < -0.39 is 12.0 Å². The van der Waals surface area contributed by atoms with E-state index in [1.165, 1.54) is 11.3 Å². The largest absolute Gasteiger partial charge is 0.480 e. The molecule has 0 spiro atoms. The monoisotopic (exact) mass is 295 g/mol. The van der Waals surface area contributed by atoms with Crippen LogP contribution in [0.5, 0.6) is 0 Å². The third kappa shape index (κ3) is 3.56. The van der Waals surface area contributed by atoms with Gasteiger partial charge in [-0.15, -0.1) is 11.3 Å². The number of carbonyl (C=O) groups is 1. The number of rotatable bonds is 5. The number of nitrogens with one attached hydrogen (secondary N) is 1. The number of carboxylic acids is 1. The summed E-state index contributed by atoms with van der Waals surface area (Å²) in [6.45, 7) is 1.93. The highest BCUT2D eigenvalue weighted by Gasteiger charge is 2.22. The molecule has 0 radical (unpaired) electrons. The molecule has 100 valence electrons. The first-order chi connectivity index (χ1) is 9.08. The van der Waals surface area contributed by atoms with Gasteiger partial charge >= 0.3 is 5.97 Å². The molecule has 2 rings (SSSR count). The highest BCUT2D eigenvalue weighted by molar-refractivity contribution is 7.14. The molecular formula is C14H14ClNO2S. The zero-order chi connectivity index (χ0) is 13.8. The Balaban J connectivity index is 2.16. The normalized spacial score (nSPS) is 14.0. The van der Waals surface area contributed by atoms with Gasteiger partial charge in [-0.05, 0) is 29.5 Å². The second-order valence-electron chi connectivity index (χ2n) is 4.25. The fourth-order valence-electron chi connectivity index (χ4n) is 1.85. The molecule has 1 aromatic carbocycles. The van der Waals surface area contributed by atoms with E-state index in [1.807, 2.05) is 36.6 Å². The van der Waals surface area contributed by atoms with E-state index in [9.17, 15) is 9.90 Å². The zero-order valence-electron chi connectivity index (χ0n) is 10.3. The van der Waals surface area contributed by atoms with Crippen molar-refractivity contribution in [2.45, 2.75) is 19.0 Å². The highest BCUT2D eigenvalue weighted by Crippen LogP contribution is 2.26. The summed E-state index contributed by atoms with van der Waals surface area (Å²) in [5.74, 6) is -0.889. The lowest BCUT2D eigenvalue weighted by Crippen LogP contribution is -2.30. The Hall–Kier alpha value is -1.36. The van der Waals surface area contributed by atoms with Crippen LogP contribution in [0.3, 0.4) is 0 Å². The van der Waals surface area contributed by atoms with Gasteiger partial charge in [0.15, 0.2) is 0 Å². The Morgan fingerprint density at radius 2 is 2.00 bits per heavy atom. The molecule has 0 saturated heterocycles. The molecule has 5 heteroatoms. The number of hydrogen-bond acceptors (Lipinski definition) is 3. The summed E-state index contributed by atoms with van der Waals surface area (Å²) in [7, 11) is 0. The maximum absolute atomic E-state index is 11.4. The van der Waals surface area contributed by atoms with E-state index >= 15 is 0 Å². The first-order valence-electron chi connectivity index (χ1n) is 5.85. The molecule has 0 aliphatic heterocycles. The molecule has 1 heterocycles. The average molecular weight is 296 g/mol. The molecule has 1 aromatic heterocycles. The third-order valence-corrected chi connectivity index (χ3v) is 3.99. The molecule has 0 aliphatic rings. The second-order valence-corrected chi connectivity index (χ2v) is 5.80. The van der Waals surface area contributed by atoms with Crippen LogP contribution in [-0.4, -0.2) is 11.1 Å². The predicted molar refractivity (Wildman–Crippen MR) is 77.7 cm³/mol. The Labute approximate surface area is 120 Å². The van der Waals surface area contributed by atoms with Gasteiger partial charge < -0.3 is 5.11 Å². The third-order valence-electron chi connectivity index (χ3n) is 2.88. The van der Waals surface area contributed by atoms with Crippen LogP contribution in [-0.2, 0) is 4.79 Å². The van der Waals surface area contributed by atoms with Crippen molar-refractivity contribution in [1.29, 1.82) is 0 Å². The van der Waals surface area contributed by atoms with Crippen molar-refractivity contribution in [3.63, 3.8) is 0 Å². The van der Waals surface area contributed by atoms with Crippen LogP contribution in [0.2, 0.25) is 4.34 Å². The molecule has 19 heavy (non-hydrogen) atoms. The Morgan fingerprint density at radius 1 is 1.32 bits per heavy atom. The Morgan fingerprint density at radius 3 is 2.53 bits per heavy atom. The number of carboxylic acid groups (broad SMARTS) is 1. The van der Waals surface area contributed by atoms with E-state index in [-0.39, 0.29) is 6.04 Å². The number of halogens is 1.